The molecule has 0 radical (unpaired) electrons. The van der Waals surface area contributed by atoms with Crippen LogP contribution in [0.15, 0.2) is 12.2 Å². The number of carbonyl (C=O) groups is 2. The molecule has 1 amide bonds. The first kappa shape index (κ1) is 66.6. The number of unbranched alkanes of at least 4 members (excludes halogenated alkanes) is 47. The third kappa shape index (κ3) is 53.9. The minimum Gasteiger partial charge on any atom is -0.466 e. The summed E-state index contributed by atoms with van der Waals surface area (Å²) in [4.78, 5) is 24.5. The van der Waals surface area contributed by atoms with E-state index in [1.165, 1.54) is 283 Å². The summed E-state index contributed by atoms with van der Waals surface area (Å²) in [6, 6.07) is -0.624. The fraction of sp³-hybridized carbons (Fsp3) is 0.935. The molecule has 404 valence electrons. The Hall–Kier alpha value is -1.40. The van der Waals surface area contributed by atoms with Crippen molar-refractivity contribution in [1.29, 1.82) is 0 Å². The first-order chi connectivity index (χ1) is 33.5. The second-order valence-corrected chi connectivity index (χ2v) is 21.4. The van der Waals surface area contributed by atoms with Crippen LogP contribution in [0.4, 0.5) is 0 Å². The van der Waals surface area contributed by atoms with Gasteiger partial charge in [0, 0.05) is 12.8 Å². The number of allylic oxidation sites excluding steroid dienone is 1. The van der Waals surface area contributed by atoms with E-state index in [4.69, 9.17) is 4.74 Å². The number of amides is 1. The molecule has 0 fully saturated rings. The molecular weight excluding hydrogens is 839 g/mol. The SMILES string of the molecule is CCCCCCCCC/C=C/C(O)C(CO)NC(=O)CCCCCCCCCCCCCCCCCCCCCCCCCOC(=O)CCCCCCCCCCCCCCCCCCCCC. The van der Waals surface area contributed by atoms with Crippen molar-refractivity contribution in [2.45, 2.75) is 360 Å². The Labute approximate surface area is 425 Å². The summed E-state index contributed by atoms with van der Waals surface area (Å²) >= 11 is 0. The van der Waals surface area contributed by atoms with Gasteiger partial charge in [-0.25, -0.2) is 0 Å². The van der Waals surface area contributed by atoms with Crippen LogP contribution in [-0.4, -0.2) is 47.4 Å². The van der Waals surface area contributed by atoms with Gasteiger partial charge in [0.25, 0.3) is 0 Å². The summed E-state index contributed by atoms with van der Waals surface area (Å²) in [6.45, 7) is 4.90. The van der Waals surface area contributed by atoms with E-state index < -0.39 is 12.1 Å². The maximum atomic E-state index is 12.4. The molecule has 0 aromatic carbocycles. The van der Waals surface area contributed by atoms with E-state index >= 15 is 0 Å². The molecule has 0 aliphatic rings. The normalized spacial score (nSPS) is 12.6. The molecule has 2 unspecified atom stereocenters. The standard InChI is InChI=1S/C62H121NO5/c1-3-5-7-9-11-13-14-15-16-17-23-27-30-33-36-40-44-48-52-56-62(67)68-57-53-49-45-41-37-34-31-28-25-22-20-18-19-21-24-26-29-32-35-39-43-47-51-55-61(66)63-59(58-64)60(65)54-50-46-42-38-12-10-8-6-4-2/h50,54,59-60,64-65H,3-49,51-53,55-58H2,1-2H3,(H,63,66)/b54-50+. The van der Waals surface area contributed by atoms with Gasteiger partial charge in [-0.15, -0.1) is 0 Å². The second-order valence-electron chi connectivity index (χ2n) is 21.4. The van der Waals surface area contributed by atoms with Crippen molar-refractivity contribution in [3.05, 3.63) is 12.2 Å². The number of hydrogen-bond acceptors (Lipinski definition) is 5. The van der Waals surface area contributed by atoms with E-state index in [-0.39, 0.29) is 18.5 Å². The van der Waals surface area contributed by atoms with E-state index in [0.29, 0.717) is 19.4 Å². The van der Waals surface area contributed by atoms with Crippen molar-refractivity contribution in [3.63, 3.8) is 0 Å². The highest BCUT2D eigenvalue weighted by molar-refractivity contribution is 5.76. The highest BCUT2D eigenvalue weighted by Crippen LogP contribution is 2.18. The Morgan fingerprint density at radius 3 is 1.00 bits per heavy atom. The molecule has 68 heavy (non-hydrogen) atoms. The molecule has 6 heteroatoms. The van der Waals surface area contributed by atoms with Gasteiger partial charge >= 0.3 is 5.97 Å². The fourth-order valence-corrected chi connectivity index (χ4v) is 9.81. The maximum absolute atomic E-state index is 12.4. The third-order valence-electron chi connectivity index (χ3n) is 14.6. The number of ether oxygens (including phenoxy) is 1. The van der Waals surface area contributed by atoms with Crippen LogP contribution < -0.4 is 5.32 Å². The van der Waals surface area contributed by atoms with Gasteiger partial charge < -0.3 is 20.3 Å². The zero-order chi connectivity index (χ0) is 49.3. The summed E-state index contributed by atoms with van der Waals surface area (Å²) in [7, 11) is 0. The summed E-state index contributed by atoms with van der Waals surface area (Å²) in [5, 5.41) is 22.9. The lowest BCUT2D eigenvalue weighted by Gasteiger charge is -2.20. The second kappa shape index (κ2) is 58.2. The summed E-state index contributed by atoms with van der Waals surface area (Å²) < 4.78 is 5.51. The monoisotopic (exact) mass is 960 g/mol. The molecule has 0 rings (SSSR count). The van der Waals surface area contributed by atoms with Crippen molar-refractivity contribution < 1.29 is 24.5 Å². The highest BCUT2D eigenvalue weighted by Gasteiger charge is 2.18. The average molecular weight is 961 g/mol. The van der Waals surface area contributed by atoms with Gasteiger partial charge in [-0.2, -0.15) is 0 Å². The Kier molecular flexibility index (Phi) is 57.0. The molecule has 6 nitrogen and oxygen atoms in total. The van der Waals surface area contributed by atoms with Gasteiger partial charge in [-0.3, -0.25) is 9.59 Å². The van der Waals surface area contributed by atoms with Gasteiger partial charge in [0.2, 0.25) is 5.91 Å². The van der Waals surface area contributed by atoms with Gasteiger partial charge in [-0.05, 0) is 32.1 Å². The van der Waals surface area contributed by atoms with Crippen molar-refractivity contribution in [2.24, 2.45) is 0 Å². The van der Waals surface area contributed by atoms with Crippen molar-refractivity contribution in [1.82, 2.24) is 5.32 Å². The molecule has 3 N–H and O–H groups in total. The van der Waals surface area contributed by atoms with Crippen LogP contribution in [0.1, 0.15) is 348 Å². The van der Waals surface area contributed by atoms with Crippen molar-refractivity contribution >= 4 is 11.9 Å². The van der Waals surface area contributed by atoms with Crippen LogP contribution in [0.2, 0.25) is 0 Å². The van der Waals surface area contributed by atoms with Crippen LogP contribution in [-0.2, 0) is 14.3 Å². The molecule has 0 spiro atoms. The van der Waals surface area contributed by atoms with Crippen LogP contribution in [0.5, 0.6) is 0 Å². The quantitative estimate of drug-likeness (QED) is 0.0321. The van der Waals surface area contributed by atoms with Crippen LogP contribution in [0.25, 0.3) is 0 Å². The van der Waals surface area contributed by atoms with Crippen LogP contribution in [0, 0.1) is 0 Å². The molecular formula is C62H121NO5. The summed E-state index contributed by atoms with van der Waals surface area (Å²) in [5.74, 6) is -0.0497. The lowest BCUT2D eigenvalue weighted by molar-refractivity contribution is -0.143. The zero-order valence-corrected chi connectivity index (χ0v) is 46.1. The molecule has 0 heterocycles. The first-order valence-corrected chi connectivity index (χ1v) is 31.0. The van der Waals surface area contributed by atoms with Gasteiger partial charge in [0.15, 0.2) is 0 Å². The minimum absolute atomic E-state index is 0.0190. The number of esters is 1. The molecule has 2 atom stereocenters. The zero-order valence-electron chi connectivity index (χ0n) is 46.1. The number of nitrogens with one attached hydrogen (secondary N) is 1. The first-order valence-electron chi connectivity index (χ1n) is 31.0. The Bertz CT molecular complexity index is 1020. The fourth-order valence-electron chi connectivity index (χ4n) is 9.81. The summed E-state index contributed by atoms with van der Waals surface area (Å²) in [5.41, 5.74) is 0. The number of aliphatic hydroxyl groups is 2. The molecule has 0 aromatic heterocycles. The Morgan fingerprint density at radius 1 is 0.397 bits per heavy atom. The average Bonchev–Trinajstić information content (AvgIpc) is 3.34. The molecule has 0 aromatic rings. The van der Waals surface area contributed by atoms with E-state index in [0.717, 1.165) is 38.5 Å². The summed E-state index contributed by atoms with van der Waals surface area (Å²) in [6.07, 6.45) is 69.8. The molecule has 0 bridgehead atoms. The van der Waals surface area contributed by atoms with Crippen LogP contribution in [0.3, 0.4) is 0 Å². The third-order valence-corrected chi connectivity index (χ3v) is 14.6. The molecule has 0 saturated heterocycles. The lowest BCUT2D eigenvalue weighted by atomic mass is 10.0. The van der Waals surface area contributed by atoms with E-state index in [1.807, 2.05) is 6.08 Å². The lowest BCUT2D eigenvalue weighted by Crippen LogP contribution is -2.45. The number of hydrogen-bond donors (Lipinski definition) is 3. The molecule has 0 saturated carbocycles. The number of rotatable bonds is 58. The smallest absolute Gasteiger partial charge is 0.305 e. The van der Waals surface area contributed by atoms with Crippen molar-refractivity contribution in [3.8, 4) is 0 Å². The maximum Gasteiger partial charge on any atom is 0.305 e. The van der Waals surface area contributed by atoms with Gasteiger partial charge in [0.05, 0.1) is 25.4 Å². The number of aliphatic hydroxyl groups excluding tert-OH is 2. The molecule has 0 aliphatic carbocycles. The van der Waals surface area contributed by atoms with E-state index in [1.54, 1.807) is 6.08 Å². The predicted octanol–water partition coefficient (Wildman–Crippen LogP) is 19.2. The van der Waals surface area contributed by atoms with Crippen molar-refractivity contribution in [2.75, 3.05) is 13.2 Å². The van der Waals surface area contributed by atoms with E-state index in [9.17, 15) is 19.8 Å². The highest BCUT2D eigenvalue weighted by atomic mass is 16.5. The number of carbonyl (C=O) groups excluding carboxylic acids is 2. The Morgan fingerprint density at radius 2 is 0.676 bits per heavy atom. The molecule has 0 aliphatic heterocycles. The van der Waals surface area contributed by atoms with Gasteiger partial charge in [0.1, 0.15) is 0 Å². The topological polar surface area (TPSA) is 95.9 Å². The largest absolute Gasteiger partial charge is 0.466 e. The minimum atomic E-state index is -0.841. The van der Waals surface area contributed by atoms with Gasteiger partial charge in [-0.1, -0.05) is 315 Å². The Balaban J connectivity index is 3.32. The van der Waals surface area contributed by atoms with Crippen LogP contribution >= 0.6 is 0 Å². The van der Waals surface area contributed by atoms with E-state index in [2.05, 4.69) is 19.2 Å². The predicted molar refractivity (Wildman–Crippen MR) is 297 cm³/mol.